The van der Waals surface area contributed by atoms with Crippen molar-refractivity contribution in [3.8, 4) is 0 Å². The van der Waals surface area contributed by atoms with Crippen molar-refractivity contribution in [3.05, 3.63) is 23.9 Å². The lowest BCUT2D eigenvalue weighted by Crippen LogP contribution is -2.23. The number of unbranched alkanes of at least 4 members (excludes halogenated alkanes) is 2. The summed E-state index contributed by atoms with van der Waals surface area (Å²) in [4.78, 5) is 4.37. The van der Waals surface area contributed by atoms with E-state index >= 15 is 0 Å². The van der Waals surface area contributed by atoms with Gasteiger partial charge in [-0.3, -0.25) is 0 Å². The molecule has 0 aliphatic carbocycles. The summed E-state index contributed by atoms with van der Waals surface area (Å²) in [6.07, 6.45) is 7.15. The molecule has 0 aromatic carbocycles. The molecule has 0 fully saturated rings. The van der Waals surface area contributed by atoms with Gasteiger partial charge in [0, 0.05) is 12.7 Å². The molecule has 0 aliphatic heterocycles. The van der Waals surface area contributed by atoms with Crippen LogP contribution < -0.4 is 5.32 Å². The zero-order valence-corrected chi connectivity index (χ0v) is 11.7. The Kier molecular flexibility index (Phi) is 5.46. The second kappa shape index (κ2) is 6.63. The summed E-state index contributed by atoms with van der Waals surface area (Å²) in [6.45, 7) is 9.95. The zero-order valence-electron chi connectivity index (χ0n) is 11.7. The molecule has 0 aliphatic rings. The monoisotopic (exact) mass is 234 g/mol. The SMILES string of the molecule is CCCCCC(C)(C)CNc1ccc(C)cn1. The molecule has 1 N–H and O–H groups in total. The summed E-state index contributed by atoms with van der Waals surface area (Å²) in [6, 6.07) is 4.15. The average molecular weight is 234 g/mol. The van der Waals surface area contributed by atoms with Crippen LogP contribution in [0.5, 0.6) is 0 Å². The van der Waals surface area contributed by atoms with Gasteiger partial charge in [0.2, 0.25) is 0 Å². The van der Waals surface area contributed by atoms with Crippen LogP contribution in [0, 0.1) is 12.3 Å². The number of pyridine rings is 1. The summed E-state index contributed by atoms with van der Waals surface area (Å²) in [5.74, 6) is 0.985. The quantitative estimate of drug-likeness (QED) is 0.707. The van der Waals surface area contributed by atoms with Crippen LogP contribution in [0.15, 0.2) is 18.3 Å². The predicted molar refractivity (Wildman–Crippen MR) is 75.4 cm³/mol. The van der Waals surface area contributed by atoms with Crippen LogP contribution in [-0.2, 0) is 0 Å². The Hall–Kier alpha value is -1.05. The van der Waals surface area contributed by atoms with Crippen molar-refractivity contribution in [3.63, 3.8) is 0 Å². The third-order valence-corrected chi connectivity index (χ3v) is 3.12. The number of nitrogens with one attached hydrogen (secondary N) is 1. The van der Waals surface area contributed by atoms with E-state index in [1.165, 1.54) is 31.2 Å². The van der Waals surface area contributed by atoms with E-state index in [2.05, 4.69) is 50.1 Å². The molecule has 1 heterocycles. The molecule has 0 amide bonds. The lowest BCUT2D eigenvalue weighted by Gasteiger charge is -2.25. The van der Waals surface area contributed by atoms with Crippen molar-refractivity contribution in [1.29, 1.82) is 0 Å². The van der Waals surface area contributed by atoms with Crippen molar-refractivity contribution in [2.75, 3.05) is 11.9 Å². The second-order valence-corrected chi connectivity index (χ2v) is 5.70. The Labute approximate surface area is 106 Å². The second-order valence-electron chi connectivity index (χ2n) is 5.70. The first-order chi connectivity index (χ1) is 8.03. The average Bonchev–Trinajstić information content (AvgIpc) is 2.29. The fraction of sp³-hybridized carbons (Fsp3) is 0.667. The molecular weight excluding hydrogens is 208 g/mol. The molecule has 0 atom stereocenters. The highest BCUT2D eigenvalue weighted by molar-refractivity contribution is 5.35. The molecule has 0 saturated carbocycles. The Morgan fingerprint density at radius 3 is 2.59 bits per heavy atom. The normalized spacial score (nSPS) is 11.5. The van der Waals surface area contributed by atoms with Crippen LogP contribution in [-0.4, -0.2) is 11.5 Å². The minimum atomic E-state index is 0.349. The summed E-state index contributed by atoms with van der Waals surface area (Å²) < 4.78 is 0. The Balaban J connectivity index is 2.35. The van der Waals surface area contributed by atoms with Crippen LogP contribution >= 0.6 is 0 Å². The van der Waals surface area contributed by atoms with Crippen LogP contribution in [0.1, 0.15) is 52.0 Å². The van der Waals surface area contributed by atoms with Crippen LogP contribution in [0.2, 0.25) is 0 Å². The third kappa shape index (κ3) is 5.71. The van der Waals surface area contributed by atoms with E-state index in [0.29, 0.717) is 5.41 Å². The first-order valence-electron chi connectivity index (χ1n) is 6.70. The summed E-state index contributed by atoms with van der Waals surface area (Å²) in [5, 5.41) is 3.43. The van der Waals surface area contributed by atoms with Crippen molar-refractivity contribution < 1.29 is 0 Å². The molecule has 1 rings (SSSR count). The lowest BCUT2D eigenvalue weighted by atomic mass is 9.87. The van der Waals surface area contributed by atoms with Gasteiger partial charge in [-0.2, -0.15) is 0 Å². The van der Waals surface area contributed by atoms with Gasteiger partial charge in [0.05, 0.1) is 0 Å². The first-order valence-corrected chi connectivity index (χ1v) is 6.70. The third-order valence-electron chi connectivity index (χ3n) is 3.12. The topological polar surface area (TPSA) is 24.9 Å². The molecule has 1 aromatic heterocycles. The van der Waals surface area contributed by atoms with Gasteiger partial charge < -0.3 is 5.32 Å². The molecule has 0 bridgehead atoms. The molecule has 17 heavy (non-hydrogen) atoms. The number of aryl methyl sites for hydroxylation is 1. The van der Waals surface area contributed by atoms with Crippen molar-refractivity contribution in [1.82, 2.24) is 4.98 Å². The van der Waals surface area contributed by atoms with E-state index in [9.17, 15) is 0 Å². The van der Waals surface area contributed by atoms with Crippen molar-refractivity contribution in [2.45, 2.75) is 53.4 Å². The maximum Gasteiger partial charge on any atom is 0.125 e. The fourth-order valence-corrected chi connectivity index (χ4v) is 1.84. The smallest absolute Gasteiger partial charge is 0.125 e. The van der Waals surface area contributed by atoms with E-state index in [-0.39, 0.29) is 0 Å². The lowest BCUT2D eigenvalue weighted by molar-refractivity contribution is 0.342. The van der Waals surface area contributed by atoms with Gasteiger partial charge >= 0.3 is 0 Å². The minimum Gasteiger partial charge on any atom is -0.370 e. The highest BCUT2D eigenvalue weighted by Crippen LogP contribution is 2.24. The number of aromatic nitrogens is 1. The van der Waals surface area contributed by atoms with Gasteiger partial charge in [-0.25, -0.2) is 4.98 Å². The fourth-order valence-electron chi connectivity index (χ4n) is 1.84. The molecule has 96 valence electrons. The standard InChI is InChI=1S/C15H26N2/c1-5-6-7-10-15(3,4)12-17-14-9-8-13(2)11-16-14/h8-9,11H,5-7,10,12H2,1-4H3,(H,16,17). The van der Waals surface area contributed by atoms with Crippen LogP contribution in [0.3, 0.4) is 0 Å². The van der Waals surface area contributed by atoms with Crippen molar-refractivity contribution >= 4 is 5.82 Å². The van der Waals surface area contributed by atoms with Gasteiger partial charge in [0.15, 0.2) is 0 Å². The molecule has 0 saturated heterocycles. The van der Waals surface area contributed by atoms with Gasteiger partial charge in [-0.15, -0.1) is 0 Å². The van der Waals surface area contributed by atoms with E-state index in [1.54, 1.807) is 0 Å². The summed E-state index contributed by atoms with van der Waals surface area (Å²) in [7, 11) is 0. The Bertz CT molecular complexity index is 314. The highest BCUT2D eigenvalue weighted by atomic mass is 15.0. The first kappa shape index (κ1) is 14.0. The number of nitrogens with zero attached hydrogens (tertiary/aromatic N) is 1. The van der Waals surface area contributed by atoms with E-state index in [4.69, 9.17) is 0 Å². The number of hydrogen-bond acceptors (Lipinski definition) is 2. The van der Waals surface area contributed by atoms with Crippen LogP contribution in [0.25, 0.3) is 0 Å². The summed E-state index contributed by atoms with van der Waals surface area (Å²) in [5.41, 5.74) is 1.56. The molecule has 0 unspecified atom stereocenters. The molecule has 0 radical (unpaired) electrons. The van der Waals surface area contributed by atoms with E-state index in [0.717, 1.165) is 12.4 Å². The molecule has 1 aromatic rings. The summed E-state index contributed by atoms with van der Waals surface area (Å²) >= 11 is 0. The molecule has 2 nitrogen and oxygen atoms in total. The number of rotatable bonds is 7. The maximum absolute atomic E-state index is 4.37. The van der Waals surface area contributed by atoms with Gasteiger partial charge in [-0.1, -0.05) is 46.1 Å². The van der Waals surface area contributed by atoms with E-state index in [1.807, 2.05) is 6.20 Å². The van der Waals surface area contributed by atoms with Crippen LogP contribution in [0.4, 0.5) is 5.82 Å². The van der Waals surface area contributed by atoms with E-state index < -0.39 is 0 Å². The molecular formula is C15H26N2. The van der Waals surface area contributed by atoms with Crippen molar-refractivity contribution in [2.24, 2.45) is 5.41 Å². The number of hydrogen-bond donors (Lipinski definition) is 1. The minimum absolute atomic E-state index is 0.349. The predicted octanol–water partition coefficient (Wildman–Crippen LogP) is 4.41. The number of anilines is 1. The van der Waals surface area contributed by atoms with Gasteiger partial charge in [0.1, 0.15) is 5.82 Å². The highest BCUT2D eigenvalue weighted by Gasteiger charge is 2.16. The Morgan fingerprint density at radius 2 is 2.00 bits per heavy atom. The molecule has 0 spiro atoms. The Morgan fingerprint density at radius 1 is 1.24 bits per heavy atom. The van der Waals surface area contributed by atoms with Gasteiger partial charge in [0.25, 0.3) is 0 Å². The maximum atomic E-state index is 4.37. The largest absolute Gasteiger partial charge is 0.370 e. The molecule has 2 heteroatoms. The zero-order chi connectivity index (χ0) is 12.7. The van der Waals surface area contributed by atoms with Gasteiger partial charge in [-0.05, 0) is 30.4 Å².